The van der Waals surface area contributed by atoms with Gasteiger partial charge in [-0.3, -0.25) is 9.71 Å². The molecule has 0 spiro atoms. The van der Waals surface area contributed by atoms with E-state index in [9.17, 15) is 13.2 Å². The van der Waals surface area contributed by atoms with E-state index in [0.717, 1.165) is 17.4 Å². The quantitative estimate of drug-likeness (QED) is 0.899. The number of carboxylic acid groups (broad SMARTS) is 1. The Morgan fingerprint density at radius 1 is 1.47 bits per heavy atom. The molecule has 2 rings (SSSR count). The SMILES string of the molecule is Cc1cnccc1NS(=O)(=O)c1csc(C(=O)O)c1. The lowest BCUT2D eigenvalue weighted by atomic mass is 10.3. The second kappa shape index (κ2) is 4.98. The molecule has 8 heteroatoms. The molecule has 2 N–H and O–H groups in total. The molecule has 0 unspecified atom stereocenters. The molecule has 0 saturated carbocycles. The van der Waals surface area contributed by atoms with Gasteiger partial charge in [0.2, 0.25) is 0 Å². The molecule has 0 aliphatic heterocycles. The molecule has 0 amide bonds. The predicted molar refractivity (Wildman–Crippen MR) is 71.1 cm³/mol. The second-order valence-corrected chi connectivity index (χ2v) is 6.34. The number of nitrogens with zero attached hydrogens (tertiary/aromatic N) is 1. The Labute approximate surface area is 113 Å². The maximum Gasteiger partial charge on any atom is 0.345 e. The first-order valence-corrected chi connectivity index (χ1v) is 7.52. The fourth-order valence-electron chi connectivity index (χ4n) is 1.36. The third-order valence-electron chi connectivity index (χ3n) is 2.36. The first kappa shape index (κ1) is 13.5. The highest BCUT2D eigenvalue weighted by atomic mass is 32.2. The largest absolute Gasteiger partial charge is 0.477 e. The number of anilines is 1. The minimum Gasteiger partial charge on any atom is -0.477 e. The number of thiophene rings is 1. The lowest BCUT2D eigenvalue weighted by molar-refractivity contribution is 0.0702. The molecule has 2 aromatic heterocycles. The Kier molecular flexibility index (Phi) is 3.54. The van der Waals surface area contributed by atoms with Gasteiger partial charge in [0, 0.05) is 17.8 Å². The van der Waals surface area contributed by atoms with Crippen molar-refractivity contribution in [2.75, 3.05) is 4.72 Å². The van der Waals surface area contributed by atoms with E-state index in [1.807, 2.05) is 0 Å². The van der Waals surface area contributed by atoms with Crippen molar-refractivity contribution in [3.63, 3.8) is 0 Å². The van der Waals surface area contributed by atoms with Gasteiger partial charge in [-0.1, -0.05) is 0 Å². The molecular weight excluding hydrogens is 288 g/mol. The zero-order chi connectivity index (χ0) is 14.0. The van der Waals surface area contributed by atoms with Gasteiger partial charge in [0.05, 0.1) is 10.6 Å². The number of aromatic carboxylic acids is 1. The second-order valence-electron chi connectivity index (χ2n) is 3.75. The van der Waals surface area contributed by atoms with Gasteiger partial charge in [-0.15, -0.1) is 11.3 Å². The van der Waals surface area contributed by atoms with Crippen molar-refractivity contribution < 1.29 is 18.3 Å². The van der Waals surface area contributed by atoms with Gasteiger partial charge in [0.25, 0.3) is 10.0 Å². The summed E-state index contributed by atoms with van der Waals surface area (Å²) < 4.78 is 26.5. The fraction of sp³-hybridized carbons (Fsp3) is 0.0909. The summed E-state index contributed by atoms with van der Waals surface area (Å²) in [5, 5.41) is 10.1. The number of carbonyl (C=O) groups is 1. The van der Waals surface area contributed by atoms with E-state index in [0.29, 0.717) is 11.3 Å². The normalized spacial score (nSPS) is 11.2. The number of hydrogen-bond acceptors (Lipinski definition) is 5. The summed E-state index contributed by atoms with van der Waals surface area (Å²) in [5.74, 6) is -1.15. The first-order chi connectivity index (χ1) is 8.90. The van der Waals surface area contributed by atoms with Crippen molar-refractivity contribution in [2.24, 2.45) is 0 Å². The number of rotatable bonds is 4. The van der Waals surface area contributed by atoms with Crippen LogP contribution in [0, 0.1) is 6.92 Å². The molecule has 6 nitrogen and oxygen atoms in total. The van der Waals surface area contributed by atoms with Gasteiger partial charge in [0.1, 0.15) is 4.88 Å². The lowest BCUT2D eigenvalue weighted by Gasteiger charge is -2.08. The zero-order valence-electron chi connectivity index (χ0n) is 9.82. The Morgan fingerprint density at radius 2 is 2.21 bits per heavy atom. The van der Waals surface area contributed by atoms with Crippen LogP contribution in [0.1, 0.15) is 15.2 Å². The summed E-state index contributed by atoms with van der Waals surface area (Å²) in [4.78, 5) is 14.5. The van der Waals surface area contributed by atoms with Crippen LogP contribution in [0.2, 0.25) is 0 Å². The topological polar surface area (TPSA) is 96.4 Å². The molecule has 0 aliphatic rings. The molecule has 19 heavy (non-hydrogen) atoms. The fourth-order valence-corrected chi connectivity index (χ4v) is 3.61. The van der Waals surface area contributed by atoms with E-state index in [-0.39, 0.29) is 9.77 Å². The Hall–Kier alpha value is -1.93. The van der Waals surface area contributed by atoms with Crippen LogP contribution in [0.15, 0.2) is 34.8 Å². The number of aromatic nitrogens is 1. The van der Waals surface area contributed by atoms with Gasteiger partial charge in [-0.25, -0.2) is 13.2 Å². The summed E-state index contributed by atoms with van der Waals surface area (Å²) in [6.45, 7) is 1.72. The maximum atomic E-state index is 12.1. The number of sulfonamides is 1. The zero-order valence-corrected chi connectivity index (χ0v) is 11.5. The van der Waals surface area contributed by atoms with Crippen LogP contribution < -0.4 is 4.72 Å². The van der Waals surface area contributed by atoms with Crippen LogP contribution in [0.3, 0.4) is 0 Å². The van der Waals surface area contributed by atoms with E-state index in [2.05, 4.69) is 9.71 Å². The van der Waals surface area contributed by atoms with E-state index >= 15 is 0 Å². The molecule has 0 bridgehead atoms. The third-order valence-corrected chi connectivity index (χ3v) is 4.77. The summed E-state index contributed by atoms with van der Waals surface area (Å²) in [6, 6.07) is 2.67. The molecule has 100 valence electrons. The van der Waals surface area contributed by atoms with Gasteiger partial charge >= 0.3 is 5.97 Å². The van der Waals surface area contributed by atoms with E-state index in [1.165, 1.54) is 23.8 Å². The molecule has 2 aromatic rings. The lowest BCUT2D eigenvalue weighted by Crippen LogP contribution is -2.13. The number of hydrogen-bond donors (Lipinski definition) is 2. The van der Waals surface area contributed by atoms with E-state index < -0.39 is 16.0 Å². The van der Waals surface area contributed by atoms with Crippen molar-refractivity contribution in [3.05, 3.63) is 40.3 Å². The minimum absolute atomic E-state index is 0.0215. The molecule has 0 aliphatic carbocycles. The van der Waals surface area contributed by atoms with Gasteiger partial charge in [-0.05, 0) is 24.6 Å². The molecule has 0 aromatic carbocycles. The molecule has 0 fully saturated rings. The highest BCUT2D eigenvalue weighted by Crippen LogP contribution is 2.23. The van der Waals surface area contributed by atoms with E-state index in [1.54, 1.807) is 6.92 Å². The van der Waals surface area contributed by atoms with Crippen LogP contribution in [0.25, 0.3) is 0 Å². The number of nitrogens with one attached hydrogen (secondary N) is 1. The summed E-state index contributed by atoms with van der Waals surface area (Å²) in [7, 11) is -3.78. The highest BCUT2D eigenvalue weighted by Gasteiger charge is 2.19. The van der Waals surface area contributed by atoms with Crippen molar-refractivity contribution in [3.8, 4) is 0 Å². The van der Waals surface area contributed by atoms with Crippen LogP contribution in [0.4, 0.5) is 5.69 Å². The molecule has 0 atom stereocenters. The van der Waals surface area contributed by atoms with Crippen molar-refractivity contribution in [1.82, 2.24) is 4.98 Å². The molecule has 0 saturated heterocycles. The van der Waals surface area contributed by atoms with Crippen molar-refractivity contribution in [1.29, 1.82) is 0 Å². The molecule has 0 radical (unpaired) electrons. The van der Waals surface area contributed by atoms with Crippen LogP contribution >= 0.6 is 11.3 Å². The smallest absolute Gasteiger partial charge is 0.345 e. The molecular formula is C11H10N2O4S2. The predicted octanol–water partition coefficient (Wildman–Crippen LogP) is 1.95. The maximum absolute atomic E-state index is 12.1. The van der Waals surface area contributed by atoms with Crippen LogP contribution in [-0.2, 0) is 10.0 Å². The standard InChI is InChI=1S/C11H10N2O4S2/c1-7-5-12-3-2-9(7)13-19(16,17)8-4-10(11(14)15)18-6-8/h2-6H,1H3,(H,12,13)(H,14,15). The summed E-state index contributed by atoms with van der Waals surface area (Å²) in [5.41, 5.74) is 1.10. The summed E-state index contributed by atoms with van der Waals surface area (Å²) in [6.07, 6.45) is 3.01. The van der Waals surface area contributed by atoms with Crippen LogP contribution in [-0.4, -0.2) is 24.5 Å². The Morgan fingerprint density at radius 3 is 2.79 bits per heavy atom. The van der Waals surface area contributed by atoms with Crippen molar-refractivity contribution in [2.45, 2.75) is 11.8 Å². The van der Waals surface area contributed by atoms with Gasteiger partial charge < -0.3 is 5.11 Å². The average Bonchev–Trinajstić information content (AvgIpc) is 2.82. The molecule has 2 heterocycles. The number of pyridine rings is 1. The van der Waals surface area contributed by atoms with E-state index in [4.69, 9.17) is 5.11 Å². The summed E-state index contributed by atoms with van der Waals surface area (Å²) >= 11 is 0.868. The minimum atomic E-state index is -3.78. The monoisotopic (exact) mass is 298 g/mol. The highest BCUT2D eigenvalue weighted by molar-refractivity contribution is 7.92. The van der Waals surface area contributed by atoms with Gasteiger partial charge in [-0.2, -0.15) is 0 Å². The Balaban J connectivity index is 2.32. The van der Waals surface area contributed by atoms with Crippen molar-refractivity contribution >= 4 is 33.0 Å². The number of aryl methyl sites for hydroxylation is 1. The van der Waals surface area contributed by atoms with Gasteiger partial charge in [0.15, 0.2) is 0 Å². The first-order valence-electron chi connectivity index (χ1n) is 5.15. The van der Waals surface area contributed by atoms with Crippen LogP contribution in [0.5, 0.6) is 0 Å². The third kappa shape index (κ3) is 2.91. The number of carboxylic acids is 1. The average molecular weight is 298 g/mol. The Bertz CT molecular complexity index is 722.